The van der Waals surface area contributed by atoms with Gasteiger partial charge in [-0.3, -0.25) is 4.68 Å². The second kappa shape index (κ2) is 8.20. The maximum atomic E-state index is 6.27. The molecule has 6 heteroatoms. The average molecular weight is 348 g/mol. The zero-order valence-electron chi connectivity index (χ0n) is 15.1. The number of nitrogens with zero attached hydrogens (tertiary/aromatic N) is 4. The van der Waals surface area contributed by atoms with Crippen LogP contribution in [-0.4, -0.2) is 34.2 Å². The Bertz CT molecular complexity index is 720. The van der Waals surface area contributed by atoms with Gasteiger partial charge in [0.2, 0.25) is 0 Å². The van der Waals surface area contributed by atoms with Crippen LogP contribution in [0.15, 0.2) is 29.3 Å². The Labute approximate surface area is 149 Å². The van der Waals surface area contributed by atoms with Crippen molar-refractivity contribution in [3.05, 3.63) is 51.8 Å². The van der Waals surface area contributed by atoms with E-state index in [1.807, 2.05) is 50.0 Å². The van der Waals surface area contributed by atoms with Crippen LogP contribution in [0, 0.1) is 13.8 Å². The highest BCUT2D eigenvalue weighted by molar-refractivity contribution is 6.31. The molecule has 2 rings (SSSR count). The lowest BCUT2D eigenvalue weighted by Gasteiger charge is -2.22. The van der Waals surface area contributed by atoms with E-state index in [4.69, 9.17) is 16.6 Å². The van der Waals surface area contributed by atoms with Crippen LogP contribution in [-0.2, 0) is 20.1 Å². The number of aliphatic imine (C=N–C) groups is 1. The molecule has 0 atom stereocenters. The standard InChI is InChI=1S/C18H26ClN5/c1-6-20-18(21-11-16-13(2)22-24(5)14(16)3)23(4)12-15-9-7-8-10-17(15)19/h7-10H,6,11-12H2,1-5H3,(H,20,21). The molecule has 5 nitrogen and oxygen atoms in total. The number of hydrogen-bond acceptors (Lipinski definition) is 2. The molecule has 0 bridgehead atoms. The second-order valence-electron chi connectivity index (χ2n) is 5.89. The van der Waals surface area contributed by atoms with Crippen molar-refractivity contribution in [1.29, 1.82) is 0 Å². The van der Waals surface area contributed by atoms with Gasteiger partial charge in [0.05, 0.1) is 12.2 Å². The third-order valence-corrected chi connectivity index (χ3v) is 4.48. The third-order valence-electron chi connectivity index (χ3n) is 4.11. The Morgan fingerprint density at radius 1 is 1.33 bits per heavy atom. The molecule has 0 aliphatic heterocycles. The Kier molecular flexibility index (Phi) is 6.26. The summed E-state index contributed by atoms with van der Waals surface area (Å²) in [5.74, 6) is 0.861. The van der Waals surface area contributed by atoms with Crippen LogP contribution in [0.4, 0.5) is 0 Å². The summed E-state index contributed by atoms with van der Waals surface area (Å²) in [5, 5.41) is 8.58. The molecule has 0 aliphatic rings. The lowest BCUT2D eigenvalue weighted by Crippen LogP contribution is -2.38. The van der Waals surface area contributed by atoms with Crippen molar-refractivity contribution < 1.29 is 0 Å². The highest BCUT2D eigenvalue weighted by Gasteiger charge is 2.12. The van der Waals surface area contributed by atoms with E-state index in [9.17, 15) is 0 Å². The van der Waals surface area contributed by atoms with Crippen LogP contribution < -0.4 is 5.32 Å². The predicted octanol–water partition coefficient (Wildman–Crippen LogP) is 3.29. The second-order valence-corrected chi connectivity index (χ2v) is 6.30. The van der Waals surface area contributed by atoms with E-state index in [-0.39, 0.29) is 0 Å². The van der Waals surface area contributed by atoms with Crippen LogP contribution in [0.3, 0.4) is 0 Å². The molecule has 1 aromatic heterocycles. The highest BCUT2D eigenvalue weighted by atomic mass is 35.5. The highest BCUT2D eigenvalue weighted by Crippen LogP contribution is 2.17. The van der Waals surface area contributed by atoms with E-state index in [1.54, 1.807) is 0 Å². The first-order chi connectivity index (χ1) is 11.4. The van der Waals surface area contributed by atoms with Crippen molar-refractivity contribution in [2.24, 2.45) is 12.0 Å². The lowest BCUT2D eigenvalue weighted by molar-refractivity contribution is 0.477. The van der Waals surface area contributed by atoms with Crippen molar-refractivity contribution in [3.8, 4) is 0 Å². The van der Waals surface area contributed by atoms with E-state index >= 15 is 0 Å². The summed E-state index contributed by atoms with van der Waals surface area (Å²) in [6.07, 6.45) is 0. The lowest BCUT2D eigenvalue weighted by atomic mass is 10.2. The first-order valence-electron chi connectivity index (χ1n) is 8.16. The minimum absolute atomic E-state index is 0.612. The maximum Gasteiger partial charge on any atom is 0.194 e. The number of benzene rings is 1. The SMILES string of the molecule is CCNC(=NCc1c(C)nn(C)c1C)N(C)Cc1ccccc1Cl. The molecule has 24 heavy (non-hydrogen) atoms. The van der Waals surface area contributed by atoms with Crippen LogP contribution in [0.25, 0.3) is 0 Å². The Morgan fingerprint density at radius 3 is 2.62 bits per heavy atom. The van der Waals surface area contributed by atoms with Crippen molar-refractivity contribution in [2.75, 3.05) is 13.6 Å². The average Bonchev–Trinajstić information content (AvgIpc) is 2.79. The van der Waals surface area contributed by atoms with Crippen LogP contribution in [0.5, 0.6) is 0 Å². The van der Waals surface area contributed by atoms with Gasteiger partial charge in [-0.1, -0.05) is 29.8 Å². The molecule has 0 spiro atoms. The van der Waals surface area contributed by atoms with E-state index in [1.165, 1.54) is 5.56 Å². The molecule has 0 amide bonds. The first-order valence-corrected chi connectivity index (χ1v) is 8.53. The number of nitrogens with one attached hydrogen (secondary N) is 1. The maximum absolute atomic E-state index is 6.27. The zero-order chi connectivity index (χ0) is 17.7. The zero-order valence-corrected chi connectivity index (χ0v) is 15.9. The summed E-state index contributed by atoms with van der Waals surface area (Å²) in [4.78, 5) is 6.87. The first kappa shape index (κ1) is 18.3. The number of rotatable bonds is 5. The molecule has 0 radical (unpaired) electrons. The number of halogens is 1. The minimum atomic E-state index is 0.612. The van der Waals surface area contributed by atoms with E-state index < -0.39 is 0 Å². The molecule has 130 valence electrons. The van der Waals surface area contributed by atoms with Crippen LogP contribution in [0.2, 0.25) is 5.02 Å². The van der Waals surface area contributed by atoms with E-state index in [2.05, 4.69) is 29.2 Å². The van der Waals surface area contributed by atoms with Gasteiger partial charge in [-0.25, -0.2) is 4.99 Å². The van der Waals surface area contributed by atoms with Crippen molar-refractivity contribution >= 4 is 17.6 Å². The topological polar surface area (TPSA) is 45.5 Å². The molecule has 1 heterocycles. The van der Waals surface area contributed by atoms with Gasteiger partial charge < -0.3 is 10.2 Å². The van der Waals surface area contributed by atoms with Crippen molar-refractivity contribution in [3.63, 3.8) is 0 Å². The third kappa shape index (κ3) is 4.29. The smallest absolute Gasteiger partial charge is 0.194 e. The molecule has 0 aliphatic carbocycles. The molecule has 1 N–H and O–H groups in total. The van der Waals surface area contributed by atoms with Gasteiger partial charge >= 0.3 is 0 Å². The molecular weight excluding hydrogens is 322 g/mol. The van der Waals surface area contributed by atoms with Crippen molar-refractivity contribution in [1.82, 2.24) is 20.0 Å². The van der Waals surface area contributed by atoms with E-state index in [0.29, 0.717) is 13.1 Å². The van der Waals surface area contributed by atoms with Gasteiger partial charge in [-0.15, -0.1) is 0 Å². The summed E-state index contributed by atoms with van der Waals surface area (Å²) >= 11 is 6.27. The molecule has 0 saturated carbocycles. The largest absolute Gasteiger partial charge is 0.357 e. The predicted molar refractivity (Wildman–Crippen MR) is 100 cm³/mol. The molecular formula is C18H26ClN5. The number of aryl methyl sites for hydroxylation is 2. The summed E-state index contributed by atoms with van der Waals surface area (Å²) in [6, 6.07) is 7.90. The van der Waals surface area contributed by atoms with Crippen LogP contribution >= 0.6 is 11.6 Å². The van der Waals surface area contributed by atoms with Gasteiger partial charge in [0, 0.05) is 43.5 Å². The number of guanidine groups is 1. The molecule has 0 fully saturated rings. The van der Waals surface area contributed by atoms with Crippen molar-refractivity contribution in [2.45, 2.75) is 33.9 Å². The number of aromatic nitrogens is 2. The Hall–Kier alpha value is -2.01. The van der Waals surface area contributed by atoms with E-state index in [0.717, 1.165) is 34.5 Å². The van der Waals surface area contributed by atoms with Crippen LogP contribution in [0.1, 0.15) is 29.4 Å². The Morgan fingerprint density at radius 2 is 2.04 bits per heavy atom. The monoisotopic (exact) mass is 347 g/mol. The molecule has 0 unspecified atom stereocenters. The number of hydrogen-bond donors (Lipinski definition) is 1. The molecule has 1 aromatic carbocycles. The Balaban J connectivity index is 2.17. The van der Waals surface area contributed by atoms with Gasteiger partial charge in [-0.2, -0.15) is 5.10 Å². The fraction of sp³-hybridized carbons (Fsp3) is 0.444. The van der Waals surface area contributed by atoms with Gasteiger partial charge in [0.15, 0.2) is 5.96 Å². The minimum Gasteiger partial charge on any atom is -0.357 e. The fourth-order valence-electron chi connectivity index (χ4n) is 2.63. The summed E-state index contributed by atoms with van der Waals surface area (Å²) in [6.45, 7) is 8.30. The fourth-order valence-corrected chi connectivity index (χ4v) is 2.82. The normalized spacial score (nSPS) is 11.7. The van der Waals surface area contributed by atoms with Gasteiger partial charge in [0.1, 0.15) is 0 Å². The quantitative estimate of drug-likeness (QED) is 0.666. The summed E-state index contributed by atoms with van der Waals surface area (Å²) in [5.41, 5.74) is 4.45. The molecule has 2 aromatic rings. The van der Waals surface area contributed by atoms with Gasteiger partial charge in [-0.05, 0) is 32.4 Å². The summed E-state index contributed by atoms with van der Waals surface area (Å²) in [7, 11) is 3.98. The molecule has 0 saturated heterocycles. The summed E-state index contributed by atoms with van der Waals surface area (Å²) < 4.78 is 1.90. The van der Waals surface area contributed by atoms with Gasteiger partial charge in [0.25, 0.3) is 0 Å².